The van der Waals surface area contributed by atoms with Gasteiger partial charge in [-0.05, 0) is 105 Å². The number of carbonyl (C=O) groups excluding carboxylic acids is 2. The summed E-state index contributed by atoms with van der Waals surface area (Å²) in [6.45, 7) is 10.6. The predicted molar refractivity (Wildman–Crippen MR) is 184 cm³/mol. The van der Waals surface area contributed by atoms with E-state index in [1.54, 1.807) is 11.1 Å². The number of Topliss-reactive ketones (excluding diaryl/α,β-unsaturated/α-hetero) is 1. The Balaban J connectivity index is 0.000000242. The van der Waals surface area contributed by atoms with E-state index in [1.807, 2.05) is 13.0 Å². The van der Waals surface area contributed by atoms with Crippen LogP contribution in [0.4, 0.5) is 9.18 Å². The molecule has 45 heavy (non-hydrogen) atoms. The SMILES string of the molecule is C=C(C)CC.CC12CCC3c4ccc(OC(=O)N5C=C6CC5CO6)cc4CCC3C1CCC2=O.[B]C([B])([B])C([B])(F)CCCS. The monoisotopic (exact) mass is 625 g/mol. The minimum absolute atomic E-state index is 0.0139. The molecule has 6 atom stereocenters. The largest absolute Gasteiger partial charge is 0.494 e. The molecule has 2 saturated carbocycles. The third-order valence-corrected chi connectivity index (χ3v) is 10.7. The Kier molecular flexibility index (Phi) is 11.5. The highest BCUT2D eigenvalue weighted by molar-refractivity contribution is 7.80. The summed E-state index contributed by atoms with van der Waals surface area (Å²) >= 11 is 3.88. The summed E-state index contributed by atoms with van der Waals surface area (Å²) in [5.41, 5.74) is 1.68. The highest BCUT2D eigenvalue weighted by Gasteiger charge is 2.54. The fraction of sp³-hybridized carbons (Fsp3) is 0.647. The molecular weight excluding hydrogens is 581 g/mol. The number of ether oxygens (including phenoxy) is 2. The molecule has 234 valence electrons. The van der Waals surface area contributed by atoms with Gasteiger partial charge in [0.25, 0.3) is 0 Å². The fourth-order valence-electron chi connectivity index (χ4n) is 7.38. The molecule has 11 heteroatoms. The zero-order valence-electron chi connectivity index (χ0n) is 27.0. The van der Waals surface area contributed by atoms with Gasteiger partial charge in [-0.15, -0.1) is 11.7 Å². The summed E-state index contributed by atoms with van der Waals surface area (Å²) in [5, 5.41) is -1.98. The van der Waals surface area contributed by atoms with Gasteiger partial charge in [0.05, 0.1) is 35.1 Å². The van der Waals surface area contributed by atoms with Crippen LogP contribution in [0.1, 0.15) is 95.6 Å². The van der Waals surface area contributed by atoms with Gasteiger partial charge in [-0.2, -0.15) is 12.6 Å². The Morgan fingerprint density at radius 3 is 2.51 bits per heavy atom. The molecular formula is C34H44B4FNO4S. The summed E-state index contributed by atoms with van der Waals surface area (Å²) in [5.74, 6) is 4.23. The van der Waals surface area contributed by atoms with Gasteiger partial charge in [0.1, 0.15) is 31.7 Å². The van der Waals surface area contributed by atoms with Gasteiger partial charge >= 0.3 is 6.09 Å². The van der Waals surface area contributed by atoms with E-state index in [-0.39, 0.29) is 24.0 Å². The Morgan fingerprint density at radius 1 is 1.22 bits per heavy atom. The lowest BCUT2D eigenvalue weighted by Crippen LogP contribution is -2.42. The number of ketones is 1. The summed E-state index contributed by atoms with van der Waals surface area (Å²) in [7, 11) is 20.4. The number of aryl methyl sites for hydroxylation is 1. The van der Waals surface area contributed by atoms with Crippen LogP contribution in [0.2, 0.25) is 5.11 Å². The standard InChI is InChI=1S/C24H27NO4.C5H7B4FS.C5H10/c1-24-9-8-19-18-5-3-16(29-23(27)25-12-17-11-15(25)13-28-17)10-14(18)2-4-20(19)21(24)6-7-22(24)26;6-4(10,2-1-3-11)5(7,8)9;1-4-5(2)3/h3,5,10,12,15,19-21H,2,4,6-9,11,13H2,1H3;11H,1-3H2;2,4H2,1,3H3. The fourth-order valence-corrected chi connectivity index (χ4v) is 7.54. The van der Waals surface area contributed by atoms with E-state index in [0.717, 1.165) is 57.1 Å². The molecule has 0 N–H and O–H groups in total. The Hall–Kier alpha value is -2.02. The van der Waals surface area contributed by atoms with Crippen LogP contribution in [0.3, 0.4) is 0 Å². The first-order valence-electron chi connectivity index (χ1n) is 16.2. The molecule has 1 aromatic carbocycles. The van der Waals surface area contributed by atoms with Crippen LogP contribution in [-0.2, 0) is 16.0 Å². The van der Waals surface area contributed by atoms with Gasteiger partial charge in [0, 0.05) is 24.5 Å². The maximum atomic E-state index is 13.2. The minimum atomic E-state index is -2.23. The van der Waals surface area contributed by atoms with E-state index in [4.69, 9.17) is 40.9 Å². The van der Waals surface area contributed by atoms with E-state index in [1.165, 1.54) is 16.7 Å². The van der Waals surface area contributed by atoms with Crippen LogP contribution in [-0.4, -0.2) is 72.1 Å². The number of amides is 1. The average Bonchev–Trinajstić information content (AvgIpc) is 3.71. The Labute approximate surface area is 279 Å². The zero-order chi connectivity index (χ0) is 33.2. The highest BCUT2D eigenvalue weighted by atomic mass is 32.1. The van der Waals surface area contributed by atoms with Crippen LogP contribution in [0.5, 0.6) is 5.75 Å². The van der Waals surface area contributed by atoms with Crippen molar-refractivity contribution in [1.82, 2.24) is 4.90 Å². The van der Waals surface area contributed by atoms with Crippen molar-refractivity contribution in [3.8, 4) is 5.75 Å². The van der Waals surface area contributed by atoms with Gasteiger partial charge < -0.3 is 9.47 Å². The van der Waals surface area contributed by atoms with E-state index < -0.39 is 10.7 Å². The third kappa shape index (κ3) is 7.93. The van der Waals surface area contributed by atoms with E-state index in [0.29, 0.717) is 48.1 Å². The van der Waals surface area contributed by atoms with Crippen LogP contribution in [0.15, 0.2) is 42.3 Å². The van der Waals surface area contributed by atoms with E-state index in [2.05, 4.69) is 45.2 Å². The van der Waals surface area contributed by atoms with Crippen molar-refractivity contribution in [2.75, 3.05) is 12.4 Å². The molecule has 6 rings (SSSR count). The van der Waals surface area contributed by atoms with E-state index in [9.17, 15) is 14.0 Å². The molecule has 2 aliphatic heterocycles. The maximum Gasteiger partial charge on any atom is 0.419 e. The summed E-state index contributed by atoms with van der Waals surface area (Å²) < 4.78 is 24.3. The smallest absolute Gasteiger partial charge is 0.419 e. The number of hydrogen-bond donors (Lipinski definition) is 1. The molecule has 2 heterocycles. The number of rotatable bonds is 6. The summed E-state index contributed by atoms with van der Waals surface area (Å²) in [6, 6.07) is 6.27. The molecule has 1 aromatic rings. The quantitative estimate of drug-likeness (QED) is 0.219. The number of carbonyl (C=O) groups is 2. The normalized spacial score (nSPS) is 28.9. The van der Waals surface area contributed by atoms with Crippen molar-refractivity contribution in [3.63, 3.8) is 0 Å². The number of alkyl halides is 1. The van der Waals surface area contributed by atoms with Gasteiger partial charge in [-0.1, -0.05) is 25.5 Å². The molecule has 0 spiro atoms. The molecule has 0 aromatic heterocycles. The number of nitrogens with zero attached hydrogens (tertiary/aromatic N) is 1. The number of fused-ring (bicyclic) bond motifs is 7. The lowest BCUT2D eigenvalue weighted by atomic mass is 9.32. The number of thiol groups is 1. The van der Waals surface area contributed by atoms with Crippen LogP contribution in [0, 0.1) is 17.3 Å². The average molecular weight is 625 g/mol. The molecule has 1 saturated heterocycles. The van der Waals surface area contributed by atoms with Crippen LogP contribution < -0.4 is 4.74 Å². The van der Waals surface area contributed by atoms with Gasteiger partial charge in [-0.25, -0.2) is 4.79 Å². The van der Waals surface area contributed by atoms with Crippen molar-refractivity contribution in [3.05, 3.63) is 53.4 Å². The molecule has 5 nitrogen and oxygen atoms in total. The molecule has 3 fully saturated rings. The first-order chi connectivity index (χ1) is 21.1. The van der Waals surface area contributed by atoms with Gasteiger partial charge in [0.2, 0.25) is 0 Å². The van der Waals surface area contributed by atoms with Crippen molar-refractivity contribution >= 4 is 55.9 Å². The second-order valence-corrected chi connectivity index (χ2v) is 14.1. The topological polar surface area (TPSA) is 55.8 Å². The van der Waals surface area contributed by atoms with E-state index >= 15 is 0 Å². The summed E-state index contributed by atoms with van der Waals surface area (Å²) in [6.07, 6.45) is 9.95. The number of benzene rings is 1. The lowest BCUT2D eigenvalue weighted by Gasteiger charge is -2.48. The molecule has 5 aliphatic rings. The lowest BCUT2D eigenvalue weighted by molar-refractivity contribution is -0.129. The van der Waals surface area contributed by atoms with Crippen molar-refractivity contribution in [2.45, 2.75) is 108 Å². The molecule has 8 radical (unpaired) electrons. The second kappa shape index (κ2) is 14.4. The summed E-state index contributed by atoms with van der Waals surface area (Å²) in [4.78, 5) is 26.7. The van der Waals surface area contributed by atoms with Crippen LogP contribution in [0.25, 0.3) is 0 Å². The first-order valence-corrected chi connectivity index (χ1v) is 16.8. The van der Waals surface area contributed by atoms with Crippen molar-refractivity contribution < 1.29 is 23.5 Å². The predicted octanol–water partition coefficient (Wildman–Crippen LogP) is 6.64. The molecule has 3 aliphatic carbocycles. The Morgan fingerprint density at radius 2 is 1.93 bits per heavy atom. The molecule has 2 bridgehead atoms. The molecule has 1 amide bonds. The van der Waals surface area contributed by atoms with Crippen LogP contribution >= 0.6 is 12.6 Å². The second-order valence-electron chi connectivity index (χ2n) is 13.7. The molecule has 6 unspecified atom stereocenters. The maximum absolute atomic E-state index is 13.2. The number of hydrogen-bond acceptors (Lipinski definition) is 5. The number of allylic oxidation sites excluding steroid dienone is 1. The number of halogens is 1. The zero-order valence-corrected chi connectivity index (χ0v) is 27.9. The minimum Gasteiger partial charge on any atom is -0.494 e. The van der Waals surface area contributed by atoms with Gasteiger partial charge in [-0.3, -0.25) is 14.1 Å². The van der Waals surface area contributed by atoms with Gasteiger partial charge in [0.15, 0.2) is 0 Å². The first kappa shape index (κ1) is 35.8. The highest BCUT2D eigenvalue weighted by Crippen LogP contribution is 2.59. The Bertz CT molecular complexity index is 1300. The van der Waals surface area contributed by atoms with Crippen molar-refractivity contribution in [2.24, 2.45) is 17.3 Å². The third-order valence-electron chi connectivity index (χ3n) is 10.4. The van der Waals surface area contributed by atoms with Crippen molar-refractivity contribution in [1.29, 1.82) is 0 Å².